The number of rotatable bonds is 1. The first-order valence-electron chi connectivity index (χ1n) is 4.06. The molecule has 2 aromatic rings. The van der Waals surface area contributed by atoms with Crippen LogP contribution in [0.1, 0.15) is 15.9 Å². The fraction of sp³-hybridized carbons (Fsp3) is 0.100. The van der Waals surface area contributed by atoms with Gasteiger partial charge in [0.05, 0.1) is 5.56 Å². The predicted molar refractivity (Wildman–Crippen MR) is 50.7 cm³/mol. The van der Waals surface area contributed by atoms with E-state index in [4.69, 9.17) is 5.73 Å². The van der Waals surface area contributed by atoms with Crippen molar-refractivity contribution in [3.05, 3.63) is 41.7 Å². The molecule has 2 heterocycles. The van der Waals surface area contributed by atoms with Gasteiger partial charge in [-0.2, -0.15) is 0 Å². The van der Waals surface area contributed by atoms with Crippen molar-refractivity contribution in [3.63, 3.8) is 0 Å². The van der Waals surface area contributed by atoms with Gasteiger partial charge in [0.1, 0.15) is 0 Å². The zero-order valence-electron chi connectivity index (χ0n) is 7.32. The first-order chi connectivity index (χ1) is 6.20. The van der Waals surface area contributed by atoms with Gasteiger partial charge < -0.3 is 10.1 Å². The molecule has 2 N–H and O–H groups in total. The number of aromatic nitrogens is 1. The third-order valence-electron chi connectivity index (χ3n) is 2.21. The Hall–Kier alpha value is -1.77. The summed E-state index contributed by atoms with van der Waals surface area (Å²) in [5, 5.41) is 0. The second kappa shape index (κ2) is 2.62. The maximum Gasteiger partial charge on any atom is 0.250 e. The van der Waals surface area contributed by atoms with Crippen LogP contribution in [0.2, 0.25) is 0 Å². The van der Waals surface area contributed by atoms with Crippen molar-refractivity contribution in [3.8, 4) is 0 Å². The van der Waals surface area contributed by atoms with Gasteiger partial charge in [-0.25, -0.2) is 0 Å². The average Bonchev–Trinajstić information content (AvgIpc) is 2.45. The third kappa shape index (κ3) is 1.09. The van der Waals surface area contributed by atoms with E-state index in [1.165, 1.54) is 0 Å². The third-order valence-corrected chi connectivity index (χ3v) is 2.21. The molecular formula is C10H10N2O. The maximum atomic E-state index is 11.0. The molecule has 0 fully saturated rings. The van der Waals surface area contributed by atoms with Gasteiger partial charge in [0.15, 0.2) is 0 Å². The van der Waals surface area contributed by atoms with Gasteiger partial charge in [-0.3, -0.25) is 4.79 Å². The van der Waals surface area contributed by atoms with E-state index in [0.29, 0.717) is 5.56 Å². The van der Waals surface area contributed by atoms with E-state index in [2.05, 4.69) is 0 Å². The van der Waals surface area contributed by atoms with Crippen molar-refractivity contribution in [2.75, 3.05) is 0 Å². The lowest BCUT2D eigenvalue weighted by molar-refractivity contribution is 0.1000. The lowest BCUT2D eigenvalue weighted by Crippen LogP contribution is -2.10. The Morgan fingerprint density at radius 1 is 1.46 bits per heavy atom. The fourth-order valence-corrected chi connectivity index (χ4v) is 1.51. The van der Waals surface area contributed by atoms with Crippen molar-refractivity contribution in [1.29, 1.82) is 0 Å². The largest absolute Gasteiger partial charge is 0.366 e. The molecule has 0 bridgehead atoms. The second-order valence-electron chi connectivity index (χ2n) is 3.03. The summed E-state index contributed by atoms with van der Waals surface area (Å²) in [5.41, 5.74) is 7.78. The number of aryl methyl sites for hydroxylation is 1. The Labute approximate surface area is 75.8 Å². The fourth-order valence-electron chi connectivity index (χ4n) is 1.51. The van der Waals surface area contributed by atoms with Crippen LogP contribution in [0.15, 0.2) is 30.6 Å². The summed E-state index contributed by atoms with van der Waals surface area (Å²) >= 11 is 0. The molecule has 3 heteroatoms. The molecule has 0 radical (unpaired) electrons. The number of nitrogens with two attached hydrogens (primary N) is 1. The van der Waals surface area contributed by atoms with Gasteiger partial charge in [-0.15, -0.1) is 0 Å². The molecule has 0 unspecified atom stereocenters. The lowest BCUT2D eigenvalue weighted by Gasteiger charge is -1.92. The molecule has 0 saturated heterocycles. The molecule has 2 rings (SSSR count). The molecule has 0 aliphatic carbocycles. The number of carbonyl (C=O) groups excluding carboxylic acids is 1. The smallest absolute Gasteiger partial charge is 0.250 e. The summed E-state index contributed by atoms with van der Waals surface area (Å²) in [7, 11) is 0. The molecule has 0 atom stereocenters. The standard InChI is InChI=1S/C10H10N2O/c1-7-8(10(11)13)6-12-5-3-2-4-9(7)12/h2-6H,1H3,(H2,11,13). The molecule has 1 amide bonds. The van der Waals surface area contributed by atoms with Crippen LogP contribution in [0.3, 0.4) is 0 Å². The Bertz CT molecular complexity index is 471. The van der Waals surface area contributed by atoms with Gasteiger partial charge in [0.2, 0.25) is 0 Å². The molecule has 3 nitrogen and oxygen atoms in total. The molecular weight excluding hydrogens is 164 g/mol. The van der Waals surface area contributed by atoms with Crippen LogP contribution in [0.5, 0.6) is 0 Å². The normalized spacial score (nSPS) is 10.5. The van der Waals surface area contributed by atoms with Gasteiger partial charge >= 0.3 is 0 Å². The van der Waals surface area contributed by atoms with E-state index in [1.807, 2.05) is 35.7 Å². The topological polar surface area (TPSA) is 47.5 Å². The monoisotopic (exact) mass is 174 g/mol. The number of hydrogen-bond acceptors (Lipinski definition) is 1. The zero-order valence-corrected chi connectivity index (χ0v) is 7.32. The van der Waals surface area contributed by atoms with Crippen molar-refractivity contribution < 1.29 is 4.79 Å². The summed E-state index contributed by atoms with van der Waals surface area (Å²) in [6.45, 7) is 1.90. The molecule has 0 saturated carbocycles. The highest BCUT2D eigenvalue weighted by atomic mass is 16.1. The van der Waals surface area contributed by atoms with Crippen LogP contribution >= 0.6 is 0 Å². The first-order valence-corrected chi connectivity index (χ1v) is 4.06. The SMILES string of the molecule is Cc1c(C(N)=O)cn2ccccc12. The molecule has 0 aliphatic rings. The zero-order chi connectivity index (χ0) is 9.42. The molecule has 0 aliphatic heterocycles. The van der Waals surface area contributed by atoms with E-state index in [9.17, 15) is 4.79 Å². The van der Waals surface area contributed by atoms with E-state index in [-0.39, 0.29) is 5.91 Å². The summed E-state index contributed by atoms with van der Waals surface area (Å²) in [6.07, 6.45) is 3.65. The van der Waals surface area contributed by atoms with E-state index in [1.54, 1.807) is 6.20 Å². The summed E-state index contributed by atoms with van der Waals surface area (Å²) < 4.78 is 1.90. The van der Waals surface area contributed by atoms with Crippen molar-refractivity contribution >= 4 is 11.4 Å². The Morgan fingerprint density at radius 3 is 2.85 bits per heavy atom. The van der Waals surface area contributed by atoms with Gasteiger partial charge in [0, 0.05) is 17.9 Å². The number of hydrogen-bond donors (Lipinski definition) is 1. The number of carbonyl (C=O) groups is 1. The summed E-state index contributed by atoms with van der Waals surface area (Å²) in [6, 6.07) is 5.81. The highest BCUT2D eigenvalue weighted by molar-refractivity contribution is 5.96. The molecule has 2 aromatic heterocycles. The first kappa shape index (κ1) is 7.86. The van der Waals surface area contributed by atoms with Gasteiger partial charge in [0.25, 0.3) is 5.91 Å². The predicted octanol–water partition coefficient (Wildman–Crippen LogP) is 1.35. The van der Waals surface area contributed by atoms with Gasteiger partial charge in [-0.1, -0.05) is 6.07 Å². The highest BCUT2D eigenvalue weighted by Crippen LogP contribution is 2.16. The highest BCUT2D eigenvalue weighted by Gasteiger charge is 2.09. The van der Waals surface area contributed by atoms with Crippen LogP contribution in [-0.2, 0) is 0 Å². The minimum absolute atomic E-state index is 0.374. The number of nitrogens with zero attached hydrogens (tertiary/aromatic N) is 1. The lowest BCUT2D eigenvalue weighted by atomic mass is 10.2. The van der Waals surface area contributed by atoms with Crippen molar-refractivity contribution in [2.45, 2.75) is 6.92 Å². The minimum Gasteiger partial charge on any atom is -0.366 e. The Morgan fingerprint density at radius 2 is 2.23 bits per heavy atom. The molecule has 13 heavy (non-hydrogen) atoms. The van der Waals surface area contributed by atoms with Crippen molar-refractivity contribution in [1.82, 2.24) is 4.40 Å². The van der Waals surface area contributed by atoms with E-state index >= 15 is 0 Å². The summed E-state index contributed by atoms with van der Waals surface area (Å²) in [4.78, 5) is 11.0. The number of fused-ring (bicyclic) bond motifs is 1. The summed E-state index contributed by atoms with van der Waals surface area (Å²) in [5.74, 6) is -0.374. The van der Waals surface area contributed by atoms with E-state index in [0.717, 1.165) is 11.1 Å². The molecule has 0 spiro atoms. The molecule has 66 valence electrons. The van der Waals surface area contributed by atoms with Gasteiger partial charge in [-0.05, 0) is 24.6 Å². The quantitative estimate of drug-likeness (QED) is 0.696. The molecule has 0 aromatic carbocycles. The number of pyridine rings is 1. The Kier molecular flexibility index (Phi) is 1.59. The van der Waals surface area contributed by atoms with Crippen LogP contribution in [-0.4, -0.2) is 10.3 Å². The van der Waals surface area contributed by atoms with Crippen LogP contribution in [0.25, 0.3) is 5.52 Å². The van der Waals surface area contributed by atoms with Crippen molar-refractivity contribution in [2.24, 2.45) is 5.73 Å². The van der Waals surface area contributed by atoms with Crippen LogP contribution in [0.4, 0.5) is 0 Å². The van der Waals surface area contributed by atoms with Crippen LogP contribution < -0.4 is 5.73 Å². The number of amides is 1. The second-order valence-corrected chi connectivity index (χ2v) is 3.03. The maximum absolute atomic E-state index is 11.0. The Balaban J connectivity index is 2.81. The average molecular weight is 174 g/mol. The minimum atomic E-state index is -0.374. The number of primary amides is 1. The van der Waals surface area contributed by atoms with Crippen LogP contribution in [0, 0.1) is 6.92 Å². The van der Waals surface area contributed by atoms with E-state index < -0.39 is 0 Å².